The van der Waals surface area contributed by atoms with Gasteiger partial charge in [0.15, 0.2) is 0 Å². The maximum Gasteiger partial charge on any atom is 0.221 e. The minimum absolute atomic E-state index is 0.207. The van der Waals surface area contributed by atoms with Gasteiger partial charge in [-0.15, -0.1) is 0 Å². The SMILES string of the molecule is [O-][NH+](c1ccc2c(c1)OOO2)c1ccc2c(c1)OOO2. The molecule has 1 N–H and O–H groups in total. The highest BCUT2D eigenvalue weighted by Gasteiger charge is 2.22. The summed E-state index contributed by atoms with van der Waals surface area (Å²) in [7, 11) is 0. The lowest BCUT2D eigenvalue weighted by atomic mass is 10.2. The van der Waals surface area contributed by atoms with Gasteiger partial charge in [0, 0.05) is 22.2 Å². The predicted octanol–water partition coefficient (Wildman–Crippen LogP) is 1.27. The van der Waals surface area contributed by atoms with Crippen molar-refractivity contribution in [2.75, 3.05) is 0 Å². The highest BCUT2D eigenvalue weighted by atomic mass is 17.5. The molecule has 2 aromatic carbocycles. The Hall–Kier alpha value is -2.52. The van der Waals surface area contributed by atoms with Crippen molar-refractivity contribution >= 4 is 11.4 Å². The molecule has 0 saturated heterocycles. The van der Waals surface area contributed by atoms with Crippen LogP contribution in [0.25, 0.3) is 0 Å². The Morgan fingerprint density at radius 2 is 1.10 bits per heavy atom. The molecule has 0 aliphatic carbocycles. The second kappa shape index (κ2) is 4.25. The third kappa shape index (κ3) is 1.72. The Bertz CT molecular complexity index is 617. The molecule has 4 rings (SSSR count). The van der Waals surface area contributed by atoms with Crippen LogP contribution < -0.4 is 24.6 Å². The van der Waals surface area contributed by atoms with E-state index in [1.54, 1.807) is 24.3 Å². The van der Waals surface area contributed by atoms with Gasteiger partial charge in [-0.1, -0.05) is 0 Å². The Kier molecular flexibility index (Phi) is 2.41. The van der Waals surface area contributed by atoms with Gasteiger partial charge in [0.25, 0.3) is 0 Å². The zero-order valence-corrected chi connectivity index (χ0v) is 9.82. The summed E-state index contributed by atoms with van der Waals surface area (Å²) in [6, 6.07) is 9.47. The van der Waals surface area contributed by atoms with Crippen molar-refractivity contribution in [2.24, 2.45) is 0 Å². The minimum atomic E-state index is -0.207. The van der Waals surface area contributed by atoms with Gasteiger partial charge >= 0.3 is 0 Å². The lowest BCUT2D eigenvalue weighted by molar-refractivity contribution is -0.698. The summed E-state index contributed by atoms with van der Waals surface area (Å²) in [4.78, 5) is 18.9. The Balaban J connectivity index is 1.68. The van der Waals surface area contributed by atoms with Gasteiger partial charge in [-0.3, -0.25) is 19.6 Å². The molecule has 0 bridgehead atoms. The zero-order valence-electron chi connectivity index (χ0n) is 9.82. The normalized spacial score (nSPS) is 14.9. The van der Waals surface area contributed by atoms with Gasteiger partial charge in [0.2, 0.25) is 23.0 Å². The third-order valence-corrected chi connectivity index (χ3v) is 2.91. The monoisotopic (exact) mass is 277 g/mol. The number of quaternary nitrogens is 1. The molecule has 0 atom stereocenters. The molecule has 102 valence electrons. The summed E-state index contributed by atoms with van der Waals surface area (Å²) in [5, 5.41) is 20.9. The average Bonchev–Trinajstić information content (AvgIpc) is 3.13. The van der Waals surface area contributed by atoms with Crippen LogP contribution >= 0.6 is 0 Å². The van der Waals surface area contributed by atoms with Crippen LogP contribution in [0.4, 0.5) is 11.4 Å². The molecule has 20 heavy (non-hydrogen) atoms. The van der Waals surface area contributed by atoms with Crippen LogP contribution in [0.2, 0.25) is 0 Å². The predicted molar refractivity (Wildman–Crippen MR) is 61.2 cm³/mol. The number of nitrogens with one attached hydrogen (secondary N) is 1. The van der Waals surface area contributed by atoms with Crippen molar-refractivity contribution in [3.05, 3.63) is 41.6 Å². The number of benzene rings is 2. The van der Waals surface area contributed by atoms with Crippen LogP contribution in [0.3, 0.4) is 0 Å². The van der Waals surface area contributed by atoms with E-state index in [4.69, 9.17) is 19.6 Å². The van der Waals surface area contributed by atoms with E-state index in [1.807, 2.05) is 0 Å². The van der Waals surface area contributed by atoms with Crippen molar-refractivity contribution in [3.63, 3.8) is 0 Å². The van der Waals surface area contributed by atoms with E-state index in [0.29, 0.717) is 34.4 Å². The highest BCUT2D eigenvalue weighted by Crippen LogP contribution is 2.36. The van der Waals surface area contributed by atoms with Gasteiger partial charge in [0.05, 0.1) is 12.1 Å². The first-order valence-electron chi connectivity index (χ1n) is 5.66. The van der Waals surface area contributed by atoms with Gasteiger partial charge in [0.1, 0.15) is 11.4 Å². The molecule has 0 aromatic heterocycles. The molecule has 0 unspecified atom stereocenters. The Morgan fingerprint density at radius 1 is 0.650 bits per heavy atom. The van der Waals surface area contributed by atoms with Gasteiger partial charge < -0.3 is 10.3 Å². The number of fused-ring (bicyclic) bond motifs is 2. The molecule has 2 heterocycles. The zero-order chi connectivity index (χ0) is 13.5. The number of hydrogen-bond donors (Lipinski definition) is 1. The second-order valence-corrected chi connectivity index (χ2v) is 4.12. The summed E-state index contributed by atoms with van der Waals surface area (Å²) < 4.78 is 0. The standard InChI is InChI=1S/C12H7NO7/c14-13(7-1-3-9-11(5-7)17-19-15-9)8-2-4-10-12(6-8)18-20-16-10/h1-6,13H. The fourth-order valence-electron chi connectivity index (χ4n) is 1.91. The van der Waals surface area contributed by atoms with E-state index < -0.39 is 0 Å². The van der Waals surface area contributed by atoms with Gasteiger partial charge in [-0.2, -0.15) is 0 Å². The molecule has 0 fully saturated rings. The minimum Gasteiger partial charge on any atom is -0.623 e. The van der Waals surface area contributed by atoms with E-state index in [9.17, 15) is 5.21 Å². The van der Waals surface area contributed by atoms with Crippen LogP contribution in [-0.2, 0) is 10.1 Å². The molecule has 0 saturated carbocycles. The number of hydrogen-bond acceptors (Lipinski definition) is 7. The molecule has 0 spiro atoms. The van der Waals surface area contributed by atoms with E-state index in [2.05, 4.69) is 10.1 Å². The third-order valence-electron chi connectivity index (χ3n) is 2.91. The number of rotatable bonds is 2. The van der Waals surface area contributed by atoms with Crippen LogP contribution in [0.15, 0.2) is 36.4 Å². The van der Waals surface area contributed by atoms with E-state index in [1.165, 1.54) is 12.1 Å². The summed E-state index contributed by atoms with van der Waals surface area (Å²) >= 11 is 0. The van der Waals surface area contributed by atoms with E-state index >= 15 is 0 Å². The topological polar surface area (TPSA) is 82.9 Å². The van der Waals surface area contributed by atoms with Gasteiger partial charge in [-0.05, 0) is 12.1 Å². The quantitative estimate of drug-likeness (QED) is 0.653. The lowest BCUT2D eigenvalue weighted by Gasteiger charge is -2.21. The molecular formula is C12H7NO7. The molecule has 2 aliphatic heterocycles. The van der Waals surface area contributed by atoms with Crippen LogP contribution in [-0.4, -0.2) is 0 Å². The van der Waals surface area contributed by atoms with E-state index in [0.717, 1.165) is 0 Å². The fourth-order valence-corrected chi connectivity index (χ4v) is 1.91. The molecule has 2 aliphatic rings. The summed E-state index contributed by atoms with van der Waals surface area (Å²) in [6.45, 7) is 0. The first-order chi connectivity index (χ1) is 9.81. The lowest BCUT2D eigenvalue weighted by Crippen LogP contribution is -2.96. The fraction of sp³-hybridized carbons (Fsp3) is 0. The van der Waals surface area contributed by atoms with Crippen molar-refractivity contribution in [2.45, 2.75) is 0 Å². The van der Waals surface area contributed by atoms with E-state index in [-0.39, 0.29) is 5.06 Å². The highest BCUT2D eigenvalue weighted by molar-refractivity contribution is 5.53. The van der Waals surface area contributed by atoms with Crippen molar-refractivity contribution in [1.29, 1.82) is 0 Å². The molecule has 2 aromatic rings. The average molecular weight is 277 g/mol. The van der Waals surface area contributed by atoms with Gasteiger partial charge in [-0.25, -0.2) is 0 Å². The van der Waals surface area contributed by atoms with Crippen molar-refractivity contribution in [1.82, 2.24) is 0 Å². The molecule has 0 radical (unpaired) electrons. The van der Waals surface area contributed by atoms with Crippen molar-refractivity contribution < 1.29 is 34.7 Å². The summed E-state index contributed by atoms with van der Waals surface area (Å²) in [5.41, 5.74) is 0.857. The first-order valence-corrected chi connectivity index (χ1v) is 5.66. The Labute approximate surface area is 111 Å². The summed E-state index contributed by atoms with van der Waals surface area (Å²) in [5.74, 6) is 1.53. The molecule has 0 amide bonds. The largest absolute Gasteiger partial charge is 0.623 e. The van der Waals surface area contributed by atoms with Crippen molar-refractivity contribution in [3.8, 4) is 23.0 Å². The molecule has 8 nitrogen and oxygen atoms in total. The maximum absolute atomic E-state index is 12.4. The van der Waals surface area contributed by atoms with Crippen LogP contribution in [0.1, 0.15) is 0 Å². The summed E-state index contributed by atoms with van der Waals surface area (Å²) in [6.07, 6.45) is 0. The van der Waals surface area contributed by atoms with Crippen LogP contribution in [0.5, 0.6) is 23.0 Å². The smallest absolute Gasteiger partial charge is 0.221 e. The molecular weight excluding hydrogens is 270 g/mol. The maximum atomic E-state index is 12.4. The first kappa shape index (κ1) is 11.3. The Morgan fingerprint density at radius 3 is 1.60 bits per heavy atom. The van der Waals surface area contributed by atoms with Crippen LogP contribution in [0, 0.1) is 5.21 Å². The second-order valence-electron chi connectivity index (χ2n) is 4.12. The molecule has 8 heteroatoms.